The Kier molecular flexibility index (Phi) is 3.60. The van der Waals surface area contributed by atoms with Crippen molar-refractivity contribution in [2.75, 3.05) is 13.1 Å². The van der Waals surface area contributed by atoms with Gasteiger partial charge in [0.2, 0.25) is 5.91 Å². The lowest BCUT2D eigenvalue weighted by Crippen LogP contribution is -2.41. The van der Waals surface area contributed by atoms with E-state index in [-0.39, 0.29) is 0 Å². The fourth-order valence-electron chi connectivity index (χ4n) is 4.17. The molecular weight excluding hydrogens is 224 g/mol. The van der Waals surface area contributed by atoms with Crippen LogP contribution in [0.15, 0.2) is 0 Å². The van der Waals surface area contributed by atoms with Crippen LogP contribution in [0.25, 0.3) is 0 Å². The Morgan fingerprint density at radius 3 is 2.61 bits per heavy atom. The SMILES string of the molecule is NC[C@@H]1CCCN1C(=O)[C@@H]1C[C@H]1C1CCCCC1. The number of likely N-dealkylation sites (tertiary alicyclic amines) is 1. The molecule has 2 N–H and O–H groups in total. The second-order valence-electron chi connectivity index (χ2n) is 6.47. The molecule has 2 aliphatic carbocycles. The maximum Gasteiger partial charge on any atom is 0.226 e. The predicted molar refractivity (Wildman–Crippen MR) is 72.0 cm³/mol. The van der Waals surface area contributed by atoms with Crippen molar-refractivity contribution in [1.29, 1.82) is 0 Å². The summed E-state index contributed by atoms with van der Waals surface area (Å²) in [6, 6.07) is 0.338. The molecule has 0 spiro atoms. The van der Waals surface area contributed by atoms with Crippen LogP contribution >= 0.6 is 0 Å². The highest BCUT2D eigenvalue weighted by Gasteiger charge is 2.49. The van der Waals surface area contributed by atoms with Gasteiger partial charge in [0.1, 0.15) is 0 Å². The number of hydrogen-bond donors (Lipinski definition) is 1. The van der Waals surface area contributed by atoms with Crippen molar-refractivity contribution in [1.82, 2.24) is 4.90 Å². The Morgan fingerprint density at radius 1 is 1.11 bits per heavy atom. The quantitative estimate of drug-likeness (QED) is 0.834. The van der Waals surface area contributed by atoms with Crippen LogP contribution < -0.4 is 5.73 Å². The second-order valence-corrected chi connectivity index (χ2v) is 6.47. The standard InChI is InChI=1S/C15H26N2O/c16-10-12-7-4-8-17(12)15(18)14-9-13(14)11-5-2-1-3-6-11/h11-14H,1-10,16H2/t12-,13-,14+/m0/s1. The average molecular weight is 250 g/mol. The van der Waals surface area contributed by atoms with Crippen LogP contribution in [0, 0.1) is 17.8 Å². The van der Waals surface area contributed by atoms with Gasteiger partial charge < -0.3 is 10.6 Å². The Morgan fingerprint density at radius 2 is 1.89 bits per heavy atom. The molecule has 1 aliphatic heterocycles. The van der Waals surface area contributed by atoms with Crippen molar-refractivity contribution in [2.24, 2.45) is 23.5 Å². The third kappa shape index (κ3) is 2.29. The van der Waals surface area contributed by atoms with E-state index in [4.69, 9.17) is 5.73 Å². The highest BCUT2D eigenvalue weighted by Crippen LogP contribution is 2.50. The first kappa shape index (κ1) is 12.5. The molecule has 3 rings (SSSR count). The Balaban J connectivity index is 1.55. The highest BCUT2D eigenvalue weighted by atomic mass is 16.2. The predicted octanol–water partition coefficient (Wildman–Crippen LogP) is 2.15. The van der Waals surface area contributed by atoms with Gasteiger partial charge in [0.05, 0.1) is 0 Å². The number of carbonyl (C=O) groups is 1. The lowest BCUT2D eigenvalue weighted by molar-refractivity contribution is -0.133. The Labute approximate surface area is 110 Å². The van der Waals surface area contributed by atoms with E-state index in [0.717, 1.165) is 37.6 Å². The Bertz CT molecular complexity index is 312. The Hall–Kier alpha value is -0.570. The minimum atomic E-state index is 0.338. The molecular formula is C15H26N2O. The summed E-state index contributed by atoms with van der Waals surface area (Å²) in [5.41, 5.74) is 5.77. The van der Waals surface area contributed by atoms with Gasteiger partial charge in [-0.25, -0.2) is 0 Å². The molecule has 0 aromatic carbocycles. The molecule has 3 aliphatic rings. The lowest BCUT2D eigenvalue weighted by atomic mass is 9.85. The van der Waals surface area contributed by atoms with E-state index >= 15 is 0 Å². The average Bonchev–Trinajstić information content (AvgIpc) is 3.08. The fourth-order valence-corrected chi connectivity index (χ4v) is 4.17. The van der Waals surface area contributed by atoms with Crippen LogP contribution in [0.2, 0.25) is 0 Å². The van der Waals surface area contributed by atoms with E-state index in [1.165, 1.54) is 32.1 Å². The van der Waals surface area contributed by atoms with E-state index < -0.39 is 0 Å². The summed E-state index contributed by atoms with van der Waals surface area (Å²) < 4.78 is 0. The topological polar surface area (TPSA) is 46.3 Å². The number of nitrogens with two attached hydrogens (primary N) is 1. The molecule has 1 amide bonds. The minimum Gasteiger partial charge on any atom is -0.338 e. The van der Waals surface area contributed by atoms with Gasteiger partial charge in [-0.15, -0.1) is 0 Å². The van der Waals surface area contributed by atoms with Gasteiger partial charge in [-0.3, -0.25) is 4.79 Å². The fraction of sp³-hybridized carbons (Fsp3) is 0.933. The second kappa shape index (κ2) is 5.20. The molecule has 1 heterocycles. The van der Waals surface area contributed by atoms with Crippen LogP contribution in [0.1, 0.15) is 51.4 Å². The van der Waals surface area contributed by atoms with Crippen LogP contribution in [-0.4, -0.2) is 29.9 Å². The van der Waals surface area contributed by atoms with Gasteiger partial charge in [-0.2, -0.15) is 0 Å². The van der Waals surface area contributed by atoms with E-state index in [1.54, 1.807) is 0 Å². The third-order valence-corrected chi connectivity index (χ3v) is 5.34. The molecule has 1 saturated heterocycles. The summed E-state index contributed by atoms with van der Waals surface area (Å²) in [6.45, 7) is 1.60. The smallest absolute Gasteiger partial charge is 0.226 e. The molecule has 0 unspecified atom stereocenters. The number of nitrogens with zero attached hydrogens (tertiary/aromatic N) is 1. The summed E-state index contributed by atoms with van der Waals surface area (Å²) in [5.74, 6) is 2.36. The number of amides is 1. The first-order valence-electron chi connectivity index (χ1n) is 7.82. The third-order valence-electron chi connectivity index (χ3n) is 5.34. The first-order chi connectivity index (χ1) is 8.81. The maximum absolute atomic E-state index is 12.5. The molecule has 2 saturated carbocycles. The highest BCUT2D eigenvalue weighted by molar-refractivity contribution is 5.82. The zero-order valence-corrected chi connectivity index (χ0v) is 11.3. The largest absolute Gasteiger partial charge is 0.338 e. The molecule has 3 atom stereocenters. The molecule has 3 nitrogen and oxygen atoms in total. The van der Waals surface area contributed by atoms with Gasteiger partial charge in [0.15, 0.2) is 0 Å². The van der Waals surface area contributed by atoms with Crippen molar-refractivity contribution in [3.8, 4) is 0 Å². The molecule has 3 heteroatoms. The van der Waals surface area contributed by atoms with Gasteiger partial charge in [0.25, 0.3) is 0 Å². The molecule has 102 valence electrons. The first-order valence-corrected chi connectivity index (χ1v) is 7.82. The molecule has 18 heavy (non-hydrogen) atoms. The molecule has 0 bridgehead atoms. The van der Waals surface area contributed by atoms with Gasteiger partial charge in [-0.1, -0.05) is 32.1 Å². The summed E-state index contributed by atoms with van der Waals surface area (Å²) >= 11 is 0. The summed E-state index contributed by atoms with van der Waals surface area (Å²) in [5, 5.41) is 0. The lowest BCUT2D eigenvalue weighted by Gasteiger charge is -2.25. The van der Waals surface area contributed by atoms with Gasteiger partial charge >= 0.3 is 0 Å². The van der Waals surface area contributed by atoms with Gasteiger partial charge in [0, 0.05) is 25.0 Å². The maximum atomic E-state index is 12.5. The van der Waals surface area contributed by atoms with Crippen LogP contribution in [0.5, 0.6) is 0 Å². The van der Waals surface area contributed by atoms with E-state index in [1.807, 2.05) is 0 Å². The molecule has 0 aromatic heterocycles. The van der Waals surface area contributed by atoms with Crippen LogP contribution in [0.4, 0.5) is 0 Å². The van der Waals surface area contributed by atoms with Crippen molar-refractivity contribution in [3.63, 3.8) is 0 Å². The summed E-state index contributed by atoms with van der Waals surface area (Å²) in [4.78, 5) is 14.6. The van der Waals surface area contributed by atoms with E-state index in [9.17, 15) is 4.79 Å². The normalized spacial score (nSPS) is 36.9. The van der Waals surface area contributed by atoms with Crippen molar-refractivity contribution in [2.45, 2.75) is 57.4 Å². The number of carbonyl (C=O) groups excluding carboxylic acids is 1. The van der Waals surface area contributed by atoms with Crippen LogP contribution in [0.3, 0.4) is 0 Å². The van der Waals surface area contributed by atoms with Crippen molar-refractivity contribution >= 4 is 5.91 Å². The molecule has 3 fully saturated rings. The number of rotatable bonds is 3. The van der Waals surface area contributed by atoms with Gasteiger partial charge in [-0.05, 0) is 31.1 Å². The van der Waals surface area contributed by atoms with E-state index in [0.29, 0.717) is 24.4 Å². The molecule has 0 radical (unpaired) electrons. The summed E-state index contributed by atoms with van der Waals surface area (Å²) in [6.07, 6.45) is 10.3. The van der Waals surface area contributed by atoms with Crippen molar-refractivity contribution in [3.05, 3.63) is 0 Å². The van der Waals surface area contributed by atoms with Crippen LogP contribution in [-0.2, 0) is 4.79 Å². The minimum absolute atomic E-state index is 0.338. The zero-order valence-electron chi connectivity index (χ0n) is 11.3. The van der Waals surface area contributed by atoms with E-state index in [2.05, 4.69) is 4.90 Å². The zero-order chi connectivity index (χ0) is 12.5. The number of hydrogen-bond acceptors (Lipinski definition) is 2. The van der Waals surface area contributed by atoms with Crippen molar-refractivity contribution < 1.29 is 4.79 Å². The summed E-state index contributed by atoms with van der Waals surface area (Å²) in [7, 11) is 0. The monoisotopic (exact) mass is 250 g/mol. The molecule has 0 aromatic rings.